The van der Waals surface area contributed by atoms with E-state index >= 15 is 0 Å². The van der Waals surface area contributed by atoms with E-state index in [2.05, 4.69) is 20.9 Å². The number of amides is 1. The summed E-state index contributed by atoms with van der Waals surface area (Å²) in [6.07, 6.45) is 0. The van der Waals surface area contributed by atoms with Gasteiger partial charge in [0.2, 0.25) is 5.91 Å². The summed E-state index contributed by atoms with van der Waals surface area (Å²) >= 11 is 20.7. The average Bonchev–Trinajstić information content (AvgIpc) is 3.41. The number of thiazole rings is 1. The lowest BCUT2D eigenvalue weighted by atomic mass is 10.1. The number of aromatic nitrogens is 1. The van der Waals surface area contributed by atoms with Gasteiger partial charge in [0, 0.05) is 32.2 Å². The van der Waals surface area contributed by atoms with Crippen molar-refractivity contribution in [2.45, 2.75) is 17.1 Å². The second-order valence-electron chi connectivity index (χ2n) is 9.03. The zero-order valence-corrected chi connectivity index (χ0v) is 25.7. The van der Waals surface area contributed by atoms with Gasteiger partial charge in [-0.2, -0.15) is 0 Å². The number of halogens is 2. The summed E-state index contributed by atoms with van der Waals surface area (Å²) in [7, 11) is 0. The van der Waals surface area contributed by atoms with Gasteiger partial charge in [0.05, 0.1) is 10.7 Å². The van der Waals surface area contributed by atoms with Crippen LogP contribution in [-0.4, -0.2) is 16.0 Å². The Morgan fingerprint density at radius 2 is 1.63 bits per heavy atom. The molecule has 0 aliphatic heterocycles. The molecule has 0 aliphatic rings. The Balaban J connectivity index is 1.30. The molecular formula is C31H24Cl2N4OS3. The second kappa shape index (κ2) is 13.5. The Labute approximate surface area is 262 Å². The molecule has 5 nitrogen and oxygen atoms in total. The van der Waals surface area contributed by atoms with E-state index in [1.807, 2.05) is 97.2 Å². The highest BCUT2D eigenvalue weighted by Crippen LogP contribution is 2.38. The molecule has 1 heterocycles. The van der Waals surface area contributed by atoms with Gasteiger partial charge in [0.1, 0.15) is 5.25 Å². The lowest BCUT2D eigenvalue weighted by Gasteiger charge is -2.17. The number of benzene rings is 4. The number of hydrogen-bond donors (Lipinski definition) is 3. The maximum Gasteiger partial charge on any atom is 0.244 e. The molecule has 1 unspecified atom stereocenters. The van der Waals surface area contributed by atoms with Gasteiger partial charge >= 0.3 is 0 Å². The SMILES string of the molecule is Cc1ccc(NC(=S)Nc2cccc(SC(C(=O)Nc3nc(-c4ccc(Cl)cc4Cl)cs3)c3ccccc3)c2)cc1. The van der Waals surface area contributed by atoms with Crippen LogP contribution in [0, 0.1) is 6.92 Å². The molecular weight excluding hydrogens is 611 g/mol. The third-order valence-corrected chi connectivity index (χ3v) is 8.69. The molecule has 5 rings (SSSR count). The van der Waals surface area contributed by atoms with Crippen LogP contribution in [0.3, 0.4) is 0 Å². The highest BCUT2D eigenvalue weighted by Gasteiger charge is 2.23. The smallest absolute Gasteiger partial charge is 0.244 e. The zero-order chi connectivity index (χ0) is 28.8. The van der Waals surface area contributed by atoms with E-state index in [1.165, 1.54) is 28.7 Å². The van der Waals surface area contributed by atoms with Crippen LogP contribution < -0.4 is 16.0 Å². The summed E-state index contributed by atoms with van der Waals surface area (Å²) in [5, 5.41) is 12.8. The second-order valence-corrected chi connectivity index (χ2v) is 12.3. The first kappa shape index (κ1) is 29.1. The highest BCUT2D eigenvalue weighted by atomic mass is 35.5. The predicted molar refractivity (Wildman–Crippen MR) is 179 cm³/mol. The molecule has 206 valence electrons. The van der Waals surface area contributed by atoms with Gasteiger partial charge in [-0.1, -0.05) is 77.3 Å². The molecule has 1 aromatic heterocycles. The summed E-state index contributed by atoms with van der Waals surface area (Å²) in [6.45, 7) is 2.04. The minimum atomic E-state index is -0.518. The molecule has 0 aliphatic carbocycles. The molecule has 3 N–H and O–H groups in total. The number of aryl methyl sites for hydroxylation is 1. The molecule has 0 bridgehead atoms. The van der Waals surface area contributed by atoms with Crippen LogP contribution in [0.25, 0.3) is 11.3 Å². The number of rotatable bonds is 8. The van der Waals surface area contributed by atoms with Gasteiger partial charge < -0.3 is 16.0 Å². The molecule has 0 radical (unpaired) electrons. The maximum atomic E-state index is 13.6. The number of carbonyl (C=O) groups is 1. The molecule has 5 aromatic rings. The van der Waals surface area contributed by atoms with Crippen LogP contribution in [0.4, 0.5) is 16.5 Å². The Morgan fingerprint density at radius 1 is 0.878 bits per heavy atom. The van der Waals surface area contributed by atoms with Crippen LogP contribution in [0.5, 0.6) is 0 Å². The van der Waals surface area contributed by atoms with Crippen molar-refractivity contribution in [3.05, 3.63) is 124 Å². The molecule has 1 amide bonds. The summed E-state index contributed by atoms with van der Waals surface area (Å²) in [6, 6.07) is 30.7. The van der Waals surface area contributed by atoms with Crippen molar-refractivity contribution in [2.24, 2.45) is 0 Å². The molecule has 0 fully saturated rings. The van der Waals surface area contributed by atoms with Crippen LogP contribution in [0.1, 0.15) is 16.4 Å². The fraction of sp³-hybridized carbons (Fsp3) is 0.0645. The molecule has 41 heavy (non-hydrogen) atoms. The third kappa shape index (κ3) is 7.87. The molecule has 0 spiro atoms. The van der Waals surface area contributed by atoms with Gasteiger partial charge in [-0.25, -0.2) is 4.98 Å². The quantitative estimate of drug-likeness (QED) is 0.117. The monoisotopic (exact) mass is 634 g/mol. The molecule has 0 saturated carbocycles. The fourth-order valence-corrected chi connectivity index (χ4v) is 6.48. The average molecular weight is 636 g/mol. The standard InChI is InChI=1S/C31H24Cl2N4OS3/c1-19-10-13-22(14-11-19)34-30(39)35-23-8-5-9-24(17-23)41-28(20-6-3-2-4-7-20)29(38)37-31-36-27(18-40-31)25-15-12-21(32)16-26(25)33/h2-18,28H,1H3,(H2,34,35,39)(H,36,37,38). The molecule has 10 heteroatoms. The van der Waals surface area contributed by atoms with E-state index in [-0.39, 0.29) is 5.91 Å². The van der Waals surface area contributed by atoms with Gasteiger partial charge in [-0.15, -0.1) is 23.1 Å². The first-order valence-electron chi connectivity index (χ1n) is 12.5. The molecule has 1 atom stereocenters. The Hall–Kier alpha value is -3.40. The minimum Gasteiger partial charge on any atom is -0.332 e. The van der Waals surface area contributed by atoms with E-state index in [1.54, 1.807) is 12.1 Å². The van der Waals surface area contributed by atoms with E-state index < -0.39 is 5.25 Å². The summed E-state index contributed by atoms with van der Waals surface area (Å²) < 4.78 is 0. The van der Waals surface area contributed by atoms with Crippen molar-refractivity contribution >= 4 is 86.0 Å². The highest BCUT2D eigenvalue weighted by molar-refractivity contribution is 8.00. The lowest BCUT2D eigenvalue weighted by molar-refractivity contribution is -0.115. The minimum absolute atomic E-state index is 0.181. The largest absolute Gasteiger partial charge is 0.332 e. The van der Waals surface area contributed by atoms with Gasteiger partial charge in [-0.3, -0.25) is 4.79 Å². The number of anilines is 3. The Bertz CT molecular complexity index is 1680. The maximum absolute atomic E-state index is 13.6. The fourth-order valence-electron chi connectivity index (χ4n) is 3.94. The van der Waals surface area contributed by atoms with Crippen molar-refractivity contribution in [3.8, 4) is 11.3 Å². The van der Waals surface area contributed by atoms with Crippen molar-refractivity contribution in [3.63, 3.8) is 0 Å². The van der Waals surface area contributed by atoms with Crippen LogP contribution in [0.2, 0.25) is 10.0 Å². The summed E-state index contributed by atoms with van der Waals surface area (Å²) in [5.74, 6) is -0.181. The number of carbonyl (C=O) groups excluding carboxylic acids is 1. The van der Waals surface area contributed by atoms with Crippen LogP contribution in [0.15, 0.2) is 107 Å². The van der Waals surface area contributed by atoms with E-state index in [0.717, 1.165) is 27.4 Å². The van der Waals surface area contributed by atoms with Gasteiger partial charge in [0.25, 0.3) is 0 Å². The van der Waals surface area contributed by atoms with Crippen molar-refractivity contribution < 1.29 is 4.79 Å². The topological polar surface area (TPSA) is 66.0 Å². The van der Waals surface area contributed by atoms with Crippen LogP contribution >= 0.6 is 58.5 Å². The predicted octanol–water partition coefficient (Wildman–Crippen LogP) is 9.71. The number of nitrogens with one attached hydrogen (secondary N) is 3. The van der Waals surface area contributed by atoms with E-state index in [0.29, 0.717) is 26.0 Å². The van der Waals surface area contributed by atoms with E-state index in [4.69, 9.17) is 35.4 Å². The number of thioether (sulfide) groups is 1. The normalized spacial score (nSPS) is 11.5. The van der Waals surface area contributed by atoms with Gasteiger partial charge in [0.15, 0.2) is 10.2 Å². The van der Waals surface area contributed by atoms with Crippen molar-refractivity contribution in [1.82, 2.24) is 4.98 Å². The first-order chi connectivity index (χ1) is 19.8. The van der Waals surface area contributed by atoms with Crippen LogP contribution in [-0.2, 0) is 4.79 Å². The number of nitrogens with zero attached hydrogens (tertiary/aromatic N) is 1. The Morgan fingerprint density at radius 3 is 2.39 bits per heavy atom. The summed E-state index contributed by atoms with van der Waals surface area (Å²) in [4.78, 5) is 19.1. The third-order valence-electron chi connectivity index (χ3n) is 5.94. The molecule has 4 aromatic carbocycles. The number of hydrogen-bond acceptors (Lipinski definition) is 5. The van der Waals surface area contributed by atoms with Gasteiger partial charge in [-0.05, 0) is 73.2 Å². The van der Waals surface area contributed by atoms with Crippen molar-refractivity contribution in [2.75, 3.05) is 16.0 Å². The zero-order valence-electron chi connectivity index (χ0n) is 21.7. The van der Waals surface area contributed by atoms with Crippen molar-refractivity contribution in [1.29, 1.82) is 0 Å². The van der Waals surface area contributed by atoms with E-state index in [9.17, 15) is 4.79 Å². The lowest BCUT2D eigenvalue weighted by Crippen LogP contribution is -2.19. The number of thiocarbonyl (C=S) groups is 1. The molecule has 0 saturated heterocycles. The first-order valence-corrected chi connectivity index (χ1v) is 15.4. The Kier molecular flexibility index (Phi) is 9.59. The summed E-state index contributed by atoms with van der Waals surface area (Å²) in [5.41, 5.74) is 5.20.